The van der Waals surface area contributed by atoms with Crippen LogP contribution in [0.1, 0.15) is 11.3 Å². The maximum absolute atomic E-state index is 9.51. The first-order valence-electron chi connectivity index (χ1n) is 9.05. The monoisotopic (exact) mass is 392 g/mol. The Labute approximate surface area is 167 Å². The van der Waals surface area contributed by atoms with Crippen LogP contribution in [0.2, 0.25) is 0 Å². The van der Waals surface area contributed by atoms with Gasteiger partial charge < -0.3 is 10.2 Å². The van der Waals surface area contributed by atoms with E-state index in [0.717, 1.165) is 39.0 Å². The Hall–Kier alpha value is -2.74. The lowest BCUT2D eigenvalue weighted by Crippen LogP contribution is -2.08. The van der Waals surface area contributed by atoms with E-state index in [4.69, 9.17) is 0 Å². The lowest BCUT2D eigenvalue weighted by Gasteiger charge is -2.14. The fourth-order valence-corrected chi connectivity index (χ4v) is 3.67. The van der Waals surface area contributed by atoms with E-state index in [0.29, 0.717) is 17.9 Å². The van der Waals surface area contributed by atoms with Gasteiger partial charge in [0.2, 0.25) is 0 Å². The van der Waals surface area contributed by atoms with Crippen LogP contribution in [0.15, 0.2) is 59.8 Å². The van der Waals surface area contributed by atoms with Crippen molar-refractivity contribution in [3.05, 3.63) is 66.0 Å². The highest BCUT2D eigenvalue weighted by Crippen LogP contribution is 2.33. The third kappa shape index (κ3) is 3.40. The molecule has 2 aromatic heterocycles. The molecule has 6 nitrogen and oxygen atoms in total. The molecule has 0 aliphatic rings. The second kappa shape index (κ2) is 8.10. The van der Waals surface area contributed by atoms with Gasteiger partial charge >= 0.3 is 0 Å². The van der Waals surface area contributed by atoms with E-state index >= 15 is 0 Å². The Bertz CT molecular complexity index is 1120. The summed E-state index contributed by atoms with van der Waals surface area (Å²) >= 11 is 4.55. The van der Waals surface area contributed by atoms with Crippen LogP contribution in [0.5, 0.6) is 0 Å². The number of hydrogen-bond donors (Lipinski definition) is 3. The van der Waals surface area contributed by atoms with Gasteiger partial charge in [-0.25, -0.2) is 4.68 Å². The average molecular weight is 392 g/mol. The molecule has 0 saturated heterocycles. The molecule has 0 unspecified atom stereocenters. The molecule has 0 amide bonds. The number of aliphatic hydroxyl groups is 2. The van der Waals surface area contributed by atoms with Crippen LogP contribution < -0.4 is 0 Å². The van der Waals surface area contributed by atoms with Crippen molar-refractivity contribution in [1.29, 1.82) is 0 Å². The molecule has 0 atom stereocenters. The van der Waals surface area contributed by atoms with Crippen LogP contribution in [0.4, 0.5) is 0 Å². The lowest BCUT2D eigenvalue weighted by molar-refractivity contribution is 0.297. The first-order chi connectivity index (χ1) is 13.7. The first kappa shape index (κ1) is 18.6. The molecular weight excluding hydrogens is 372 g/mol. The maximum atomic E-state index is 9.51. The standard InChI is InChI=1S/C21H20N4O2S/c26-10-8-15-12-16(9-11-27)22-13-19(15)25-20(21(28)23-24-25)18-7-3-5-14-4-1-2-6-17(14)18/h1-7,12-13,26-28H,8-11H2. The molecule has 7 heteroatoms. The third-order valence-corrected chi connectivity index (χ3v) is 5.00. The quantitative estimate of drug-likeness (QED) is 0.440. The number of fused-ring (bicyclic) bond motifs is 1. The molecule has 0 fully saturated rings. The Morgan fingerprint density at radius 1 is 0.964 bits per heavy atom. The number of thiol groups is 1. The molecule has 28 heavy (non-hydrogen) atoms. The van der Waals surface area contributed by atoms with E-state index < -0.39 is 0 Å². The Morgan fingerprint density at radius 2 is 1.75 bits per heavy atom. The molecule has 0 aliphatic heterocycles. The molecule has 0 spiro atoms. The highest BCUT2D eigenvalue weighted by atomic mass is 32.1. The fraction of sp³-hybridized carbons (Fsp3) is 0.190. The minimum atomic E-state index is 0.00160. The normalized spacial score (nSPS) is 11.2. The van der Waals surface area contributed by atoms with Crippen molar-refractivity contribution in [2.24, 2.45) is 0 Å². The van der Waals surface area contributed by atoms with Crippen LogP contribution in [-0.2, 0) is 12.8 Å². The van der Waals surface area contributed by atoms with Crippen molar-refractivity contribution < 1.29 is 10.2 Å². The molecule has 0 bridgehead atoms. The summed E-state index contributed by atoms with van der Waals surface area (Å²) in [5.74, 6) is 0. The molecular formula is C21H20N4O2S. The maximum Gasteiger partial charge on any atom is 0.144 e. The van der Waals surface area contributed by atoms with E-state index in [1.54, 1.807) is 10.9 Å². The van der Waals surface area contributed by atoms with Gasteiger partial charge in [0, 0.05) is 30.9 Å². The van der Waals surface area contributed by atoms with Crippen LogP contribution in [-0.4, -0.2) is 43.4 Å². The minimum Gasteiger partial charge on any atom is -0.396 e. The molecule has 2 aromatic carbocycles. The summed E-state index contributed by atoms with van der Waals surface area (Å²) in [6, 6.07) is 16.1. The highest BCUT2D eigenvalue weighted by molar-refractivity contribution is 7.80. The fourth-order valence-electron chi connectivity index (χ4n) is 3.41. The number of aromatic nitrogens is 4. The van der Waals surface area contributed by atoms with Crippen molar-refractivity contribution in [2.45, 2.75) is 17.9 Å². The van der Waals surface area contributed by atoms with Crippen molar-refractivity contribution in [1.82, 2.24) is 20.0 Å². The summed E-state index contributed by atoms with van der Waals surface area (Å²) in [4.78, 5) is 4.44. The molecule has 0 aliphatic carbocycles. The number of nitrogens with zero attached hydrogens (tertiary/aromatic N) is 4. The molecule has 0 saturated carbocycles. The molecule has 0 radical (unpaired) electrons. The van der Waals surface area contributed by atoms with Gasteiger partial charge in [-0.2, -0.15) is 0 Å². The molecule has 2 N–H and O–H groups in total. The van der Waals surface area contributed by atoms with E-state index in [9.17, 15) is 10.2 Å². The van der Waals surface area contributed by atoms with Gasteiger partial charge in [0.1, 0.15) is 10.7 Å². The molecule has 4 rings (SSSR count). The van der Waals surface area contributed by atoms with Crippen molar-refractivity contribution in [3.63, 3.8) is 0 Å². The van der Waals surface area contributed by atoms with Crippen molar-refractivity contribution in [3.8, 4) is 16.9 Å². The second-order valence-electron chi connectivity index (χ2n) is 6.45. The van der Waals surface area contributed by atoms with E-state index in [-0.39, 0.29) is 13.2 Å². The topological polar surface area (TPSA) is 84.1 Å². The summed E-state index contributed by atoms with van der Waals surface area (Å²) in [5.41, 5.74) is 4.15. The smallest absolute Gasteiger partial charge is 0.144 e. The van der Waals surface area contributed by atoms with Crippen molar-refractivity contribution in [2.75, 3.05) is 13.2 Å². The van der Waals surface area contributed by atoms with E-state index in [2.05, 4.69) is 46.1 Å². The lowest BCUT2D eigenvalue weighted by atomic mass is 10.0. The number of hydrogen-bond acceptors (Lipinski definition) is 6. The van der Waals surface area contributed by atoms with Crippen molar-refractivity contribution >= 4 is 23.4 Å². The van der Waals surface area contributed by atoms with Gasteiger partial charge in [0.15, 0.2) is 0 Å². The number of pyridine rings is 1. The van der Waals surface area contributed by atoms with E-state index in [1.165, 1.54) is 0 Å². The summed E-state index contributed by atoms with van der Waals surface area (Å²) in [6.07, 6.45) is 2.63. The van der Waals surface area contributed by atoms with Gasteiger partial charge in [-0.1, -0.05) is 47.7 Å². The Morgan fingerprint density at radius 3 is 2.57 bits per heavy atom. The number of benzene rings is 2. The molecule has 142 valence electrons. The van der Waals surface area contributed by atoms with Crippen LogP contribution in [0.3, 0.4) is 0 Å². The average Bonchev–Trinajstić information content (AvgIpc) is 3.09. The molecule has 4 aromatic rings. The summed E-state index contributed by atoms with van der Waals surface area (Å²) < 4.78 is 1.73. The van der Waals surface area contributed by atoms with Crippen LogP contribution in [0.25, 0.3) is 27.7 Å². The zero-order valence-electron chi connectivity index (χ0n) is 15.2. The van der Waals surface area contributed by atoms with Gasteiger partial charge in [0.05, 0.1) is 11.9 Å². The predicted molar refractivity (Wildman–Crippen MR) is 111 cm³/mol. The van der Waals surface area contributed by atoms with Crippen LogP contribution in [0, 0.1) is 0 Å². The largest absolute Gasteiger partial charge is 0.396 e. The van der Waals surface area contributed by atoms with Gasteiger partial charge in [-0.3, -0.25) is 4.98 Å². The Kier molecular flexibility index (Phi) is 5.38. The summed E-state index contributed by atoms with van der Waals surface area (Å²) in [6.45, 7) is 0.0257. The van der Waals surface area contributed by atoms with Gasteiger partial charge in [-0.15, -0.1) is 17.7 Å². The predicted octanol–water partition coefficient (Wildman–Crippen LogP) is 2.84. The highest BCUT2D eigenvalue weighted by Gasteiger charge is 2.19. The minimum absolute atomic E-state index is 0.00160. The summed E-state index contributed by atoms with van der Waals surface area (Å²) in [5, 5.41) is 29.9. The van der Waals surface area contributed by atoms with Gasteiger partial charge in [0.25, 0.3) is 0 Å². The van der Waals surface area contributed by atoms with E-state index in [1.807, 2.05) is 30.3 Å². The number of aliphatic hydroxyl groups excluding tert-OH is 2. The van der Waals surface area contributed by atoms with Crippen LogP contribution >= 0.6 is 12.6 Å². The summed E-state index contributed by atoms with van der Waals surface area (Å²) in [7, 11) is 0. The number of rotatable bonds is 6. The third-order valence-electron chi connectivity index (χ3n) is 4.70. The first-order valence-corrected chi connectivity index (χ1v) is 9.50. The van der Waals surface area contributed by atoms with Gasteiger partial charge in [-0.05, 0) is 28.8 Å². The second-order valence-corrected chi connectivity index (χ2v) is 6.88. The Balaban J connectivity index is 1.92. The SMILES string of the molecule is OCCc1cc(CCO)c(-n2nnc(S)c2-c2cccc3ccccc23)cn1. The molecule has 2 heterocycles. The zero-order valence-corrected chi connectivity index (χ0v) is 16.0. The zero-order chi connectivity index (χ0) is 19.5.